The molecule has 0 amide bonds. The number of piperidine rings is 1. The molecule has 2 heterocycles. The van der Waals surface area contributed by atoms with E-state index in [0.29, 0.717) is 27.8 Å². The molecule has 0 bridgehead atoms. The number of likely N-dealkylation sites (tertiary alicyclic amines) is 1. The second-order valence-corrected chi connectivity index (χ2v) is 13.9. The number of allylic oxidation sites excluding steroid dienone is 5. The van der Waals surface area contributed by atoms with Crippen molar-refractivity contribution in [2.24, 2.45) is 22.7 Å². The van der Waals surface area contributed by atoms with Crippen molar-refractivity contribution in [2.45, 2.75) is 87.3 Å². The average molecular weight is 571 g/mol. The lowest BCUT2D eigenvalue weighted by Gasteiger charge is -2.48. The van der Waals surface area contributed by atoms with Crippen molar-refractivity contribution in [1.29, 1.82) is 0 Å². The highest BCUT2D eigenvalue weighted by Crippen LogP contribution is 2.44. The Balaban J connectivity index is 1.95. The molecule has 40 heavy (non-hydrogen) atoms. The molecule has 1 aromatic heterocycles. The van der Waals surface area contributed by atoms with Gasteiger partial charge in [0, 0.05) is 30.7 Å². The summed E-state index contributed by atoms with van der Waals surface area (Å²) in [6.07, 6.45) is 14.4. The van der Waals surface area contributed by atoms with Gasteiger partial charge in [0.1, 0.15) is 10.8 Å². The molecule has 0 spiro atoms. The summed E-state index contributed by atoms with van der Waals surface area (Å²) in [5, 5.41) is 0.698. The van der Waals surface area contributed by atoms with Gasteiger partial charge in [-0.15, -0.1) is 11.3 Å². The summed E-state index contributed by atoms with van der Waals surface area (Å²) in [7, 11) is 0. The molecular formula is C34H48F2N2OS. The van der Waals surface area contributed by atoms with Crippen LogP contribution in [0.15, 0.2) is 55.3 Å². The molecule has 3 nitrogen and oxygen atoms in total. The van der Waals surface area contributed by atoms with Gasteiger partial charge in [0.2, 0.25) is 0 Å². The second kappa shape index (κ2) is 14.0. The lowest BCUT2D eigenvalue weighted by molar-refractivity contribution is -0.0494. The number of nitrogens with zero attached hydrogens (tertiary/aromatic N) is 2. The molecule has 1 aromatic carbocycles. The minimum Gasteiger partial charge on any atom is -0.434 e. The standard InChI is InChI=1S/C34H48F2N2OS/c1-9-12-13-25(17-24(4)11-3)26-14-15-30(39-32(35)36)29(18-26)31-37-20-28(40-31)22-38-21-27(33(5,6)7)19-34(8,23-38)16-10-2/h9,12-15,17-18,20,24,27,32H,1,10-11,16,19,21-23H2,2-8H3/b13-12-,25-17+/t24?,27?,34-/m0/s1. The van der Waals surface area contributed by atoms with Crippen LogP contribution in [0.3, 0.4) is 0 Å². The molecule has 0 radical (unpaired) electrons. The minimum atomic E-state index is -2.90. The summed E-state index contributed by atoms with van der Waals surface area (Å²) in [5.41, 5.74) is 3.09. The molecule has 220 valence electrons. The molecule has 6 heteroatoms. The van der Waals surface area contributed by atoms with Crippen LogP contribution in [0.4, 0.5) is 8.78 Å². The highest BCUT2D eigenvalue weighted by atomic mass is 32.1. The fraction of sp³-hybridized carbons (Fsp3) is 0.559. The number of hydrogen-bond donors (Lipinski definition) is 0. The van der Waals surface area contributed by atoms with E-state index in [1.165, 1.54) is 19.3 Å². The summed E-state index contributed by atoms with van der Waals surface area (Å²) in [5.74, 6) is 1.14. The fourth-order valence-electron chi connectivity index (χ4n) is 5.77. The van der Waals surface area contributed by atoms with E-state index in [4.69, 9.17) is 9.72 Å². The molecule has 3 atom stereocenters. The summed E-state index contributed by atoms with van der Waals surface area (Å²) in [4.78, 5) is 8.43. The number of thiazole rings is 1. The van der Waals surface area contributed by atoms with Crippen molar-refractivity contribution in [2.75, 3.05) is 13.1 Å². The van der Waals surface area contributed by atoms with E-state index < -0.39 is 6.61 Å². The molecule has 2 unspecified atom stereocenters. The van der Waals surface area contributed by atoms with Crippen molar-refractivity contribution >= 4 is 16.9 Å². The van der Waals surface area contributed by atoms with Gasteiger partial charge in [-0.05, 0) is 58.8 Å². The largest absolute Gasteiger partial charge is 0.434 e. The SMILES string of the molecule is C=C/C=C\C(=C/C(C)CC)c1ccc(OC(F)F)c(-c2ncc(CN3CC(C(C)(C)C)C[C@](C)(CCC)C3)s2)c1. The molecule has 0 aliphatic carbocycles. The van der Waals surface area contributed by atoms with Gasteiger partial charge in [-0.25, -0.2) is 4.98 Å². The molecule has 1 aliphatic heterocycles. The number of rotatable bonds is 12. The summed E-state index contributed by atoms with van der Waals surface area (Å²) in [6, 6.07) is 5.40. The molecule has 1 aliphatic rings. The van der Waals surface area contributed by atoms with Gasteiger partial charge in [-0.1, -0.05) is 98.3 Å². The van der Waals surface area contributed by atoms with Crippen LogP contribution in [0.1, 0.15) is 84.6 Å². The smallest absolute Gasteiger partial charge is 0.387 e. The topological polar surface area (TPSA) is 25.4 Å². The van der Waals surface area contributed by atoms with Crippen LogP contribution in [-0.2, 0) is 6.54 Å². The third kappa shape index (κ3) is 8.84. The highest BCUT2D eigenvalue weighted by molar-refractivity contribution is 7.15. The first-order valence-corrected chi connectivity index (χ1v) is 15.5. The van der Waals surface area contributed by atoms with Crippen molar-refractivity contribution < 1.29 is 13.5 Å². The van der Waals surface area contributed by atoms with E-state index in [-0.39, 0.29) is 11.2 Å². The lowest BCUT2D eigenvalue weighted by Crippen LogP contribution is -2.48. The third-order valence-electron chi connectivity index (χ3n) is 8.11. The monoisotopic (exact) mass is 570 g/mol. The Morgan fingerprint density at radius 3 is 2.67 bits per heavy atom. The quantitative estimate of drug-likeness (QED) is 0.237. The van der Waals surface area contributed by atoms with E-state index in [1.807, 2.05) is 30.5 Å². The van der Waals surface area contributed by atoms with Crippen LogP contribution in [-0.4, -0.2) is 29.6 Å². The lowest BCUT2D eigenvalue weighted by atomic mass is 9.66. The van der Waals surface area contributed by atoms with Crippen LogP contribution in [0.2, 0.25) is 0 Å². The number of aromatic nitrogens is 1. The van der Waals surface area contributed by atoms with Crippen LogP contribution < -0.4 is 4.74 Å². The van der Waals surface area contributed by atoms with Gasteiger partial charge in [0.25, 0.3) is 0 Å². The summed E-state index contributed by atoms with van der Waals surface area (Å²) >= 11 is 1.57. The van der Waals surface area contributed by atoms with E-state index >= 15 is 0 Å². The number of ether oxygens (including phenoxy) is 1. The molecule has 0 saturated carbocycles. The third-order valence-corrected chi connectivity index (χ3v) is 9.13. The summed E-state index contributed by atoms with van der Waals surface area (Å²) < 4.78 is 31.7. The molecule has 1 saturated heterocycles. The maximum atomic E-state index is 13.4. The predicted molar refractivity (Wildman–Crippen MR) is 167 cm³/mol. The Morgan fingerprint density at radius 1 is 1.30 bits per heavy atom. The Kier molecular flexibility index (Phi) is 11.3. The van der Waals surface area contributed by atoms with E-state index in [0.717, 1.165) is 42.1 Å². The van der Waals surface area contributed by atoms with E-state index in [1.54, 1.807) is 23.5 Å². The first kappa shape index (κ1) is 32.2. The molecule has 2 aromatic rings. The van der Waals surface area contributed by atoms with Crippen LogP contribution in [0.5, 0.6) is 5.75 Å². The molecular weight excluding hydrogens is 522 g/mol. The Labute approximate surface area is 245 Å². The Hall–Kier alpha value is -2.31. The van der Waals surface area contributed by atoms with Crippen molar-refractivity contribution in [3.05, 3.63) is 65.7 Å². The van der Waals surface area contributed by atoms with Crippen LogP contribution in [0.25, 0.3) is 16.1 Å². The average Bonchev–Trinajstić information content (AvgIpc) is 3.33. The fourth-order valence-corrected chi connectivity index (χ4v) is 6.75. The van der Waals surface area contributed by atoms with Gasteiger partial charge >= 0.3 is 6.61 Å². The first-order chi connectivity index (χ1) is 18.9. The second-order valence-electron chi connectivity index (χ2n) is 12.8. The van der Waals surface area contributed by atoms with E-state index in [2.05, 4.69) is 66.0 Å². The highest BCUT2D eigenvalue weighted by Gasteiger charge is 2.40. The predicted octanol–water partition coefficient (Wildman–Crippen LogP) is 10.3. The Bertz CT molecular complexity index is 1180. The maximum Gasteiger partial charge on any atom is 0.387 e. The van der Waals surface area contributed by atoms with Crippen molar-refractivity contribution in [1.82, 2.24) is 9.88 Å². The molecule has 0 N–H and O–H groups in total. The number of hydrogen-bond acceptors (Lipinski definition) is 4. The first-order valence-electron chi connectivity index (χ1n) is 14.6. The maximum absolute atomic E-state index is 13.4. The molecule has 1 fully saturated rings. The molecule has 3 rings (SSSR count). The zero-order chi connectivity index (χ0) is 29.5. The minimum absolute atomic E-state index is 0.150. The van der Waals surface area contributed by atoms with Crippen LogP contribution >= 0.6 is 11.3 Å². The zero-order valence-electron chi connectivity index (χ0n) is 25.5. The van der Waals surface area contributed by atoms with Gasteiger partial charge in [0.15, 0.2) is 0 Å². The van der Waals surface area contributed by atoms with Crippen LogP contribution in [0, 0.1) is 22.7 Å². The number of benzene rings is 1. The van der Waals surface area contributed by atoms with Gasteiger partial charge < -0.3 is 4.74 Å². The van der Waals surface area contributed by atoms with Gasteiger partial charge in [-0.2, -0.15) is 8.78 Å². The van der Waals surface area contributed by atoms with Crippen molar-refractivity contribution in [3.63, 3.8) is 0 Å². The number of alkyl halides is 2. The summed E-state index contributed by atoms with van der Waals surface area (Å²) in [6.45, 7) is 19.9. The van der Waals surface area contributed by atoms with Crippen molar-refractivity contribution in [3.8, 4) is 16.3 Å². The van der Waals surface area contributed by atoms with Gasteiger partial charge in [-0.3, -0.25) is 4.90 Å². The number of halogens is 2. The van der Waals surface area contributed by atoms with Gasteiger partial charge in [0.05, 0.1) is 5.56 Å². The zero-order valence-corrected chi connectivity index (χ0v) is 26.3. The normalized spacial score (nSPS) is 21.8. The Morgan fingerprint density at radius 2 is 2.05 bits per heavy atom. The van der Waals surface area contributed by atoms with E-state index in [9.17, 15) is 8.78 Å².